The fraction of sp³-hybridized carbons (Fsp3) is 0. The average molecular weight is 382 g/mol. The number of aromatic amines is 1. The molecule has 0 radical (unpaired) electrons. The molecular formula is C25H16F2N2. The van der Waals surface area contributed by atoms with Gasteiger partial charge in [0.15, 0.2) is 0 Å². The molecule has 2 nitrogen and oxygen atoms in total. The smallest absolute Gasteiger partial charge is 0.139 e. The predicted octanol–water partition coefficient (Wildman–Crippen LogP) is 6.84. The van der Waals surface area contributed by atoms with E-state index in [9.17, 15) is 8.78 Å². The molecule has 0 aliphatic carbocycles. The van der Waals surface area contributed by atoms with Gasteiger partial charge in [0.1, 0.15) is 17.5 Å². The molecule has 140 valence electrons. The lowest BCUT2D eigenvalue weighted by Gasteiger charge is -2.04. The summed E-state index contributed by atoms with van der Waals surface area (Å²) >= 11 is 0. The van der Waals surface area contributed by atoms with Crippen molar-refractivity contribution in [1.82, 2.24) is 9.97 Å². The van der Waals surface area contributed by atoms with E-state index in [-0.39, 0.29) is 11.6 Å². The van der Waals surface area contributed by atoms with Gasteiger partial charge in [-0.05, 0) is 59.3 Å². The average Bonchev–Trinajstić information content (AvgIpc) is 3.19. The number of rotatable bonds is 3. The first-order valence-electron chi connectivity index (χ1n) is 9.29. The van der Waals surface area contributed by atoms with E-state index in [0.29, 0.717) is 11.5 Å². The monoisotopic (exact) mass is 382 g/mol. The molecule has 5 aromatic rings. The van der Waals surface area contributed by atoms with E-state index in [2.05, 4.69) is 23.2 Å². The van der Waals surface area contributed by atoms with Gasteiger partial charge in [-0.25, -0.2) is 13.8 Å². The lowest BCUT2D eigenvalue weighted by atomic mass is 10.0. The molecule has 1 N–H and O–H groups in total. The molecule has 0 saturated heterocycles. The van der Waals surface area contributed by atoms with Crippen molar-refractivity contribution in [2.45, 2.75) is 0 Å². The molecule has 0 bridgehead atoms. The summed E-state index contributed by atoms with van der Waals surface area (Å²) in [6.07, 6.45) is 0. The molecule has 0 fully saturated rings. The number of nitrogens with one attached hydrogen (secondary N) is 1. The van der Waals surface area contributed by atoms with Crippen molar-refractivity contribution >= 4 is 10.8 Å². The third-order valence-corrected chi connectivity index (χ3v) is 5.00. The van der Waals surface area contributed by atoms with Crippen LogP contribution in [0.1, 0.15) is 0 Å². The van der Waals surface area contributed by atoms with Gasteiger partial charge in [0.2, 0.25) is 0 Å². The maximum atomic E-state index is 13.4. The van der Waals surface area contributed by atoms with Crippen LogP contribution < -0.4 is 0 Å². The van der Waals surface area contributed by atoms with Crippen molar-refractivity contribution in [1.29, 1.82) is 0 Å². The van der Waals surface area contributed by atoms with Gasteiger partial charge in [-0.1, -0.05) is 42.5 Å². The van der Waals surface area contributed by atoms with Gasteiger partial charge in [-0.3, -0.25) is 0 Å². The molecular weight excluding hydrogens is 366 g/mol. The molecule has 1 aromatic heterocycles. The fourth-order valence-electron chi connectivity index (χ4n) is 3.57. The van der Waals surface area contributed by atoms with Crippen LogP contribution in [0.4, 0.5) is 8.78 Å². The van der Waals surface area contributed by atoms with Crippen molar-refractivity contribution in [2.24, 2.45) is 0 Å². The van der Waals surface area contributed by atoms with Gasteiger partial charge >= 0.3 is 0 Å². The van der Waals surface area contributed by atoms with E-state index in [0.717, 1.165) is 33.2 Å². The second-order valence-corrected chi connectivity index (χ2v) is 6.85. The van der Waals surface area contributed by atoms with Crippen LogP contribution in [0.15, 0.2) is 91.0 Å². The Morgan fingerprint density at radius 1 is 0.621 bits per heavy atom. The Balaban J connectivity index is 1.74. The summed E-state index contributed by atoms with van der Waals surface area (Å²) in [5.74, 6) is 0.105. The molecule has 0 aliphatic heterocycles. The molecule has 4 heteroatoms. The standard InChI is InChI=1S/C25H16F2N2/c26-19-12-8-17(9-13-19)23-24(18-10-14-20(27)15-11-18)29-25(28-23)22-7-3-5-16-4-1-2-6-21(16)22/h1-15H,(H,28,29). The molecule has 0 amide bonds. The lowest BCUT2D eigenvalue weighted by molar-refractivity contribution is 0.627. The highest BCUT2D eigenvalue weighted by atomic mass is 19.1. The first kappa shape index (κ1) is 17.3. The molecule has 4 aromatic carbocycles. The van der Waals surface area contributed by atoms with E-state index in [4.69, 9.17) is 4.98 Å². The van der Waals surface area contributed by atoms with Crippen LogP contribution in [0.3, 0.4) is 0 Å². The molecule has 0 saturated carbocycles. The van der Waals surface area contributed by atoms with Crippen LogP contribution in [-0.4, -0.2) is 9.97 Å². The summed E-state index contributed by atoms with van der Waals surface area (Å²) in [6.45, 7) is 0. The Kier molecular flexibility index (Phi) is 4.17. The zero-order valence-corrected chi connectivity index (χ0v) is 15.4. The van der Waals surface area contributed by atoms with Crippen LogP contribution in [0.25, 0.3) is 44.7 Å². The number of halogens is 2. The highest BCUT2D eigenvalue weighted by Gasteiger charge is 2.16. The van der Waals surface area contributed by atoms with E-state index in [1.807, 2.05) is 24.3 Å². The van der Waals surface area contributed by atoms with Crippen LogP contribution >= 0.6 is 0 Å². The quantitative estimate of drug-likeness (QED) is 0.363. The van der Waals surface area contributed by atoms with Gasteiger partial charge in [0, 0.05) is 16.7 Å². The third-order valence-electron chi connectivity index (χ3n) is 5.00. The van der Waals surface area contributed by atoms with Crippen molar-refractivity contribution in [3.05, 3.63) is 103 Å². The van der Waals surface area contributed by atoms with Crippen molar-refractivity contribution in [3.8, 4) is 33.9 Å². The summed E-state index contributed by atoms with van der Waals surface area (Å²) in [7, 11) is 0. The summed E-state index contributed by atoms with van der Waals surface area (Å²) < 4.78 is 26.9. The van der Waals surface area contributed by atoms with E-state index in [1.54, 1.807) is 24.3 Å². The normalized spacial score (nSPS) is 11.1. The first-order chi connectivity index (χ1) is 14.2. The van der Waals surface area contributed by atoms with Crippen LogP contribution in [0.5, 0.6) is 0 Å². The zero-order valence-electron chi connectivity index (χ0n) is 15.4. The number of aromatic nitrogens is 2. The Morgan fingerprint density at radius 2 is 1.24 bits per heavy atom. The molecule has 5 rings (SSSR count). The fourth-order valence-corrected chi connectivity index (χ4v) is 3.57. The third kappa shape index (κ3) is 3.19. The van der Waals surface area contributed by atoms with Gasteiger partial charge in [-0.15, -0.1) is 0 Å². The van der Waals surface area contributed by atoms with E-state index >= 15 is 0 Å². The highest BCUT2D eigenvalue weighted by molar-refractivity contribution is 5.96. The molecule has 29 heavy (non-hydrogen) atoms. The number of hydrogen-bond donors (Lipinski definition) is 1. The van der Waals surface area contributed by atoms with Gasteiger partial charge in [-0.2, -0.15) is 0 Å². The van der Waals surface area contributed by atoms with Crippen molar-refractivity contribution in [3.63, 3.8) is 0 Å². The Hall–Kier alpha value is -3.79. The maximum absolute atomic E-state index is 13.4. The number of benzene rings is 4. The van der Waals surface area contributed by atoms with Gasteiger partial charge in [0.25, 0.3) is 0 Å². The molecule has 0 atom stereocenters. The van der Waals surface area contributed by atoms with Crippen LogP contribution in [0.2, 0.25) is 0 Å². The second-order valence-electron chi connectivity index (χ2n) is 6.85. The topological polar surface area (TPSA) is 28.7 Å². The lowest BCUT2D eigenvalue weighted by Crippen LogP contribution is -1.85. The van der Waals surface area contributed by atoms with Gasteiger partial charge < -0.3 is 4.98 Å². The molecule has 0 unspecified atom stereocenters. The van der Waals surface area contributed by atoms with Crippen molar-refractivity contribution < 1.29 is 8.78 Å². The summed E-state index contributed by atoms with van der Waals surface area (Å²) in [4.78, 5) is 8.27. The minimum atomic E-state index is -0.304. The predicted molar refractivity (Wildman–Crippen MR) is 112 cm³/mol. The number of H-pyrrole nitrogens is 1. The van der Waals surface area contributed by atoms with Crippen molar-refractivity contribution in [2.75, 3.05) is 0 Å². The largest absolute Gasteiger partial charge is 0.337 e. The second kappa shape index (κ2) is 6.99. The Morgan fingerprint density at radius 3 is 1.97 bits per heavy atom. The summed E-state index contributed by atoms with van der Waals surface area (Å²) in [5, 5.41) is 2.20. The Bertz CT molecular complexity index is 1240. The summed E-state index contributed by atoms with van der Waals surface area (Å²) in [6, 6.07) is 26.7. The minimum absolute atomic E-state index is 0.300. The first-order valence-corrected chi connectivity index (χ1v) is 9.29. The zero-order chi connectivity index (χ0) is 19.8. The van der Waals surface area contributed by atoms with Crippen LogP contribution in [-0.2, 0) is 0 Å². The van der Waals surface area contributed by atoms with E-state index in [1.165, 1.54) is 24.3 Å². The van der Waals surface area contributed by atoms with Gasteiger partial charge in [0.05, 0.1) is 11.4 Å². The number of nitrogens with zero attached hydrogens (tertiary/aromatic N) is 1. The molecule has 1 heterocycles. The number of fused-ring (bicyclic) bond motifs is 1. The van der Waals surface area contributed by atoms with Crippen LogP contribution in [0, 0.1) is 11.6 Å². The SMILES string of the molecule is Fc1ccc(-c2nc(-c3cccc4ccccc34)[nH]c2-c2ccc(F)cc2)cc1. The summed E-state index contributed by atoms with van der Waals surface area (Å²) in [5.41, 5.74) is 4.03. The minimum Gasteiger partial charge on any atom is -0.337 e. The molecule has 0 spiro atoms. The van der Waals surface area contributed by atoms with E-state index < -0.39 is 0 Å². The maximum Gasteiger partial charge on any atom is 0.139 e. The number of imidazole rings is 1. The highest BCUT2D eigenvalue weighted by Crippen LogP contribution is 2.35. The molecule has 0 aliphatic rings. The Labute approximate surface area is 166 Å². The number of hydrogen-bond acceptors (Lipinski definition) is 1.